The number of nitro benzene ring substituents is 1. The Hall–Kier alpha value is -2.28. The van der Waals surface area contributed by atoms with E-state index in [1.807, 2.05) is 6.92 Å². The summed E-state index contributed by atoms with van der Waals surface area (Å²) in [6.07, 6.45) is 0. The van der Waals surface area contributed by atoms with Gasteiger partial charge < -0.3 is 15.5 Å². The van der Waals surface area contributed by atoms with Crippen LogP contribution in [0.25, 0.3) is 0 Å². The summed E-state index contributed by atoms with van der Waals surface area (Å²) in [6, 6.07) is 8.35. The molecule has 0 radical (unpaired) electrons. The van der Waals surface area contributed by atoms with Gasteiger partial charge >= 0.3 is 0 Å². The van der Waals surface area contributed by atoms with Crippen LogP contribution in [0.15, 0.2) is 40.9 Å². The molecule has 0 bridgehead atoms. The molecule has 1 atom stereocenters. The molecule has 0 aromatic heterocycles. The molecule has 7 heteroatoms. The molecule has 0 aliphatic carbocycles. The summed E-state index contributed by atoms with van der Waals surface area (Å²) in [5.41, 5.74) is 1.16. The normalized spacial score (nSPS) is 11.9. The van der Waals surface area contributed by atoms with E-state index in [0.717, 1.165) is 0 Å². The van der Waals surface area contributed by atoms with E-state index in [1.54, 1.807) is 6.07 Å². The first-order valence-corrected chi connectivity index (χ1v) is 6.90. The molecule has 0 heterocycles. The third-order valence-electron chi connectivity index (χ3n) is 3.01. The van der Waals surface area contributed by atoms with Crippen LogP contribution in [0.1, 0.15) is 18.5 Å². The van der Waals surface area contributed by atoms with Gasteiger partial charge in [0.05, 0.1) is 11.0 Å². The Labute approximate surface area is 129 Å². The van der Waals surface area contributed by atoms with Crippen molar-refractivity contribution in [3.8, 4) is 11.5 Å². The number of nitrogens with zero attached hydrogens (tertiary/aromatic N) is 1. The van der Waals surface area contributed by atoms with Crippen molar-refractivity contribution < 1.29 is 15.1 Å². The number of nitrogens with one attached hydrogen (secondary N) is 1. The summed E-state index contributed by atoms with van der Waals surface area (Å²) in [5, 5.41) is 33.1. The molecule has 0 amide bonds. The summed E-state index contributed by atoms with van der Waals surface area (Å²) in [4.78, 5) is 10.2. The Balaban J connectivity index is 2.25. The van der Waals surface area contributed by atoms with Crippen LogP contribution in [-0.2, 0) is 0 Å². The minimum absolute atomic E-state index is 0.0136. The average Bonchev–Trinajstić information content (AvgIpc) is 2.43. The van der Waals surface area contributed by atoms with Gasteiger partial charge in [-0.25, -0.2) is 0 Å². The summed E-state index contributed by atoms with van der Waals surface area (Å²) in [6.45, 7) is 1.81. The highest BCUT2D eigenvalue weighted by Crippen LogP contribution is 2.33. The van der Waals surface area contributed by atoms with Crippen LogP contribution in [-0.4, -0.2) is 15.1 Å². The van der Waals surface area contributed by atoms with E-state index >= 15 is 0 Å². The SMILES string of the molecule is CC(Nc1ccc([N+](=O)[O-])cc1Br)c1cc(O)ccc1O. The van der Waals surface area contributed by atoms with Crippen molar-refractivity contribution in [1.82, 2.24) is 0 Å². The van der Waals surface area contributed by atoms with Crippen molar-refractivity contribution in [3.63, 3.8) is 0 Å². The molecular weight excluding hydrogens is 340 g/mol. The second-order valence-electron chi connectivity index (χ2n) is 4.53. The van der Waals surface area contributed by atoms with Gasteiger partial charge in [-0.05, 0) is 47.1 Å². The van der Waals surface area contributed by atoms with Crippen LogP contribution in [0.5, 0.6) is 11.5 Å². The van der Waals surface area contributed by atoms with E-state index < -0.39 is 4.92 Å². The van der Waals surface area contributed by atoms with E-state index in [0.29, 0.717) is 15.7 Å². The Morgan fingerprint density at radius 2 is 1.95 bits per heavy atom. The molecule has 110 valence electrons. The van der Waals surface area contributed by atoms with Crippen LogP contribution in [0.2, 0.25) is 0 Å². The third kappa shape index (κ3) is 3.43. The number of aromatic hydroxyl groups is 2. The summed E-state index contributed by atoms with van der Waals surface area (Å²) >= 11 is 3.27. The van der Waals surface area contributed by atoms with Crippen LogP contribution in [0.4, 0.5) is 11.4 Å². The van der Waals surface area contributed by atoms with Gasteiger partial charge in [0.15, 0.2) is 0 Å². The number of halogens is 1. The van der Waals surface area contributed by atoms with E-state index in [2.05, 4.69) is 21.2 Å². The highest BCUT2D eigenvalue weighted by Gasteiger charge is 2.14. The quantitative estimate of drug-likeness (QED) is 0.440. The predicted molar refractivity (Wildman–Crippen MR) is 82.6 cm³/mol. The Morgan fingerprint density at radius 1 is 1.24 bits per heavy atom. The first-order valence-electron chi connectivity index (χ1n) is 6.11. The fourth-order valence-corrected chi connectivity index (χ4v) is 2.42. The fraction of sp³-hybridized carbons (Fsp3) is 0.143. The molecule has 3 N–H and O–H groups in total. The standard InChI is InChI=1S/C14H13BrN2O4/c1-8(11-7-10(18)3-5-14(11)19)16-13-4-2-9(17(20)21)6-12(13)15/h2-8,16,18-19H,1H3. The van der Waals surface area contributed by atoms with E-state index in [-0.39, 0.29) is 23.2 Å². The Morgan fingerprint density at radius 3 is 2.57 bits per heavy atom. The number of rotatable bonds is 4. The van der Waals surface area contributed by atoms with Gasteiger partial charge in [0.2, 0.25) is 0 Å². The molecule has 0 aliphatic rings. The molecular formula is C14H13BrN2O4. The van der Waals surface area contributed by atoms with Crippen LogP contribution in [0, 0.1) is 10.1 Å². The Kier molecular flexibility index (Phi) is 4.32. The van der Waals surface area contributed by atoms with Crippen molar-refractivity contribution in [2.45, 2.75) is 13.0 Å². The molecule has 2 aromatic rings. The largest absolute Gasteiger partial charge is 0.508 e. The number of hydrogen-bond donors (Lipinski definition) is 3. The minimum atomic E-state index is -0.473. The topological polar surface area (TPSA) is 95.6 Å². The monoisotopic (exact) mass is 352 g/mol. The van der Waals surface area contributed by atoms with Crippen molar-refractivity contribution in [2.75, 3.05) is 5.32 Å². The van der Waals surface area contributed by atoms with E-state index in [1.165, 1.54) is 30.3 Å². The smallest absolute Gasteiger partial charge is 0.270 e. The number of phenolic OH excluding ortho intramolecular Hbond substituents is 2. The molecule has 0 saturated heterocycles. The number of benzene rings is 2. The van der Waals surface area contributed by atoms with E-state index in [9.17, 15) is 20.3 Å². The first-order chi connectivity index (χ1) is 9.88. The Bertz CT molecular complexity index is 691. The number of hydrogen-bond acceptors (Lipinski definition) is 5. The molecule has 0 spiro atoms. The first kappa shape index (κ1) is 15.1. The molecule has 21 heavy (non-hydrogen) atoms. The maximum atomic E-state index is 10.7. The summed E-state index contributed by atoms with van der Waals surface area (Å²) in [5.74, 6) is 0.116. The van der Waals surface area contributed by atoms with Gasteiger partial charge in [-0.2, -0.15) is 0 Å². The number of nitro groups is 1. The second kappa shape index (κ2) is 6.01. The van der Waals surface area contributed by atoms with Crippen LogP contribution < -0.4 is 5.32 Å². The highest BCUT2D eigenvalue weighted by molar-refractivity contribution is 9.10. The molecule has 0 fully saturated rings. The van der Waals surface area contributed by atoms with Gasteiger partial charge in [-0.15, -0.1) is 0 Å². The zero-order chi connectivity index (χ0) is 15.6. The van der Waals surface area contributed by atoms with Gasteiger partial charge in [0, 0.05) is 27.9 Å². The maximum absolute atomic E-state index is 10.7. The zero-order valence-electron chi connectivity index (χ0n) is 11.1. The predicted octanol–water partition coefficient (Wildman–Crippen LogP) is 3.94. The molecule has 2 aromatic carbocycles. The second-order valence-corrected chi connectivity index (χ2v) is 5.38. The summed E-state index contributed by atoms with van der Waals surface area (Å²) < 4.78 is 0.545. The lowest BCUT2D eigenvalue weighted by Crippen LogP contribution is -2.07. The van der Waals surface area contributed by atoms with Crippen molar-refractivity contribution in [3.05, 3.63) is 56.5 Å². The van der Waals surface area contributed by atoms with Crippen LogP contribution >= 0.6 is 15.9 Å². The maximum Gasteiger partial charge on any atom is 0.270 e. The third-order valence-corrected chi connectivity index (χ3v) is 3.67. The molecule has 6 nitrogen and oxygen atoms in total. The van der Waals surface area contributed by atoms with Gasteiger partial charge in [0.1, 0.15) is 11.5 Å². The van der Waals surface area contributed by atoms with Gasteiger partial charge in [-0.1, -0.05) is 0 Å². The van der Waals surface area contributed by atoms with Crippen molar-refractivity contribution in [1.29, 1.82) is 0 Å². The van der Waals surface area contributed by atoms with Crippen molar-refractivity contribution in [2.24, 2.45) is 0 Å². The lowest BCUT2D eigenvalue weighted by atomic mass is 10.1. The number of non-ortho nitro benzene ring substituents is 1. The highest BCUT2D eigenvalue weighted by atomic mass is 79.9. The average molecular weight is 353 g/mol. The molecule has 1 unspecified atom stereocenters. The van der Waals surface area contributed by atoms with Crippen LogP contribution in [0.3, 0.4) is 0 Å². The molecule has 0 aliphatic heterocycles. The molecule has 0 saturated carbocycles. The van der Waals surface area contributed by atoms with Gasteiger partial charge in [0.25, 0.3) is 5.69 Å². The summed E-state index contributed by atoms with van der Waals surface area (Å²) in [7, 11) is 0. The number of phenols is 2. The van der Waals surface area contributed by atoms with E-state index in [4.69, 9.17) is 0 Å². The minimum Gasteiger partial charge on any atom is -0.508 e. The lowest BCUT2D eigenvalue weighted by molar-refractivity contribution is -0.384. The molecule has 2 rings (SSSR count). The van der Waals surface area contributed by atoms with Gasteiger partial charge in [-0.3, -0.25) is 10.1 Å². The lowest BCUT2D eigenvalue weighted by Gasteiger charge is -2.18. The number of anilines is 1. The fourth-order valence-electron chi connectivity index (χ4n) is 1.93. The van der Waals surface area contributed by atoms with Crippen molar-refractivity contribution >= 4 is 27.3 Å². The zero-order valence-corrected chi connectivity index (χ0v) is 12.7.